The van der Waals surface area contributed by atoms with Crippen molar-refractivity contribution in [3.63, 3.8) is 0 Å². The predicted molar refractivity (Wildman–Crippen MR) is 68.7 cm³/mol. The maximum atomic E-state index is 11.5. The number of rotatable bonds is 6. The fraction of sp³-hybridized carbons (Fsp3) is 0.750. The van der Waals surface area contributed by atoms with Crippen LogP contribution in [0.15, 0.2) is 0 Å². The zero-order valence-corrected chi connectivity index (χ0v) is 10.9. The lowest BCUT2D eigenvalue weighted by molar-refractivity contribution is -0.136. The van der Waals surface area contributed by atoms with E-state index in [0.717, 1.165) is 25.7 Å². The fourth-order valence-electron chi connectivity index (χ4n) is 2.02. The highest BCUT2D eigenvalue weighted by molar-refractivity contribution is 5.84. The first kappa shape index (κ1) is 15.3. The number of nitrogens with one attached hydrogen (secondary N) is 3. The Morgan fingerprint density at radius 1 is 1.05 bits per heavy atom. The smallest absolute Gasteiger partial charge is 0.315 e. The van der Waals surface area contributed by atoms with Crippen LogP contribution in [0.1, 0.15) is 38.5 Å². The van der Waals surface area contributed by atoms with E-state index in [4.69, 9.17) is 5.11 Å². The SMILES string of the molecule is O=C(O)CCNC(=O)CNC(=O)NC1CCCCC1. The largest absolute Gasteiger partial charge is 0.481 e. The molecule has 0 unspecified atom stereocenters. The van der Waals surface area contributed by atoms with Crippen LogP contribution in [0.2, 0.25) is 0 Å². The van der Waals surface area contributed by atoms with Crippen LogP contribution in [0, 0.1) is 0 Å². The van der Waals surface area contributed by atoms with Crippen LogP contribution in [-0.2, 0) is 9.59 Å². The van der Waals surface area contributed by atoms with Gasteiger partial charge in [0.25, 0.3) is 0 Å². The number of carbonyl (C=O) groups is 3. The van der Waals surface area contributed by atoms with Crippen molar-refractivity contribution in [2.45, 2.75) is 44.6 Å². The summed E-state index contributed by atoms with van der Waals surface area (Å²) >= 11 is 0. The molecule has 7 heteroatoms. The Morgan fingerprint density at radius 3 is 2.37 bits per heavy atom. The molecule has 0 radical (unpaired) electrons. The summed E-state index contributed by atoms with van der Waals surface area (Å²) in [6.45, 7) is -0.0712. The van der Waals surface area contributed by atoms with E-state index in [1.807, 2.05) is 0 Å². The Balaban J connectivity index is 2.08. The van der Waals surface area contributed by atoms with Gasteiger partial charge in [-0.2, -0.15) is 0 Å². The van der Waals surface area contributed by atoms with Gasteiger partial charge in [0, 0.05) is 12.6 Å². The van der Waals surface area contributed by atoms with Gasteiger partial charge in [0.2, 0.25) is 5.91 Å². The highest BCUT2D eigenvalue weighted by Crippen LogP contribution is 2.16. The second kappa shape index (κ2) is 8.34. The average molecular weight is 271 g/mol. The van der Waals surface area contributed by atoms with Gasteiger partial charge in [-0.05, 0) is 12.8 Å². The second-order valence-corrected chi connectivity index (χ2v) is 4.66. The van der Waals surface area contributed by atoms with Crippen molar-refractivity contribution >= 4 is 17.9 Å². The Morgan fingerprint density at radius 2 is 1.74 bits per heavy atom. The first-order valence-corrected chi connectivity index (χ1v) is 6.61. The summed E-state index contributed by atoms with van der Waals surface area (Å²) in [6, 6.07) is -0.149. The highest BCUT2D eigenvalue weighted by atomic mass is 16.4. The first-order valence-electron chi connectivity index (χ1n) is 6.61. The van der Waals surface area contributed by atoms with Gasteiger partial charge in [-0.15, -0.1) is 0 Å². The van der Waals surface area contributed by atoms with Crippen molar-refractivity contribution in [3.8, 4) is 0 Å². The topological polar surface area (TPSA) is 108 Å². The lowest BCUT2D eigenvalue weighted by atomic mass is 9.96. The molecule has 1 rings (SSSR count). The predicted octanol–water partition coefficient (Wildman–Crippen LogP) is 0.209. The molecule has 1 aliphatic carbocycles. The molecular formula is C12H21N3O4. The zero-order chi connectivity index (χ0) is 14.1. The molecule has 0 bridgehead atoms. The lowest BCUT2D eigenvalue weighted by Crippen LogP contribution is -2.46. The van der Waals surface area contributed by atoms with Crippen LogP contribution in [0.3, 0.4) is 0 Å². The molecule has 3 amide bonds. The highest BCUT2D eigenvalue weighted by Gasteiger charge is 2.15. The summed E-state index contributed by atoms with van der Waals surface area (Å²) in [4.78, 5) is 33.0. The van der Waals surface area contributed by atoms with Gasteiger partial charge in [0.15, 0.2) is 0 Å². The van der Waals surface area contributed by atoms with Crippen molar-refractivity contribution in [3.05, 3.63) is 0 Å². The molecule has 4 N–H and O–H groups in total. The summed E-state index contributed by atoms with van der Waals surface area (Å²) in [7, 11) is 0. The first-order chi connectivity index (χ1) is 9.08. The monoisotopic (exact) mass is 271 g/mol. The third-order valence-corrected chi connectivity index (χ3v) is 3.01. The van der Waals surface area contributed by atoms with E-state index < -0.39 is 5.97 Å². The number of carboxylic acids is 1. The van der Waals surface area contributed by atoms with E-state index in [1.165, 1.54) is 6.42 Å². The minimum absolute atomic E-state index is 0.0695. The summed E-state index contributed by atoms with van der Waals surface area (Å²) in [6.07, 6.45) is 5.31. The number of hydrogen-bond acceptors (Lipinski definition) is 3. The number of hydrogen-bond donors (Lipinski definition) is 4. The van der Waals surface area contributed by atoms with Crippen LogP contribution in [0.25, 0.3) is 0 Å². The van der Waals surface area contributed by atoms with Crippen molar-refractivity contribution in [1.29, 1.82) is 0 Å². The summed E-state index contributed by atoms with van der Waals surface area (Å²) in [5, 5.41) is 16.1. The van der Waals surface area contributed by atoms with E-state index in [2.05, 4.69) is 16.0 Å². The van der Waals surface area contributed by atoms with E-state index >= 15 is 0 Å². The van der Waals surface area contributed by atoms with Gasteiger partial charge in [0.1, 0.15) is 0 Å². The van der Waals surface area contributed by atoms with E-state index in [1.54, 1.807) is 0 Å². The molecule has 0 atom stereocenters. The van der Waals surface area contributed by atoms with Gasteiger partial charge >= 0.3 is 12.0 Å². The molecule has 0 aromatic heterocycles. The maximum Gasteiger partial charge on any atom is 0.315 e. The molecule has 0 saturated heterocycles. The van der Waals surface area contributed by atoms with Gasteiger partial charge in [-0.3, -0.25) is 9.59 Å². The summed E-state index contributed by atoms with van der Waals surface area (Å²) in [5.41, 5.74) is 0. The van der Waals surface area contributed by atoms with Crippen LogP contribution >= 0.6 is 0 Å². The molecule has 0 aliphatic heterocycles. The summed E-state index contributed by atoms with van der Waals surface area (Å²) in [5.74, 6) is -1.36. The normalized spacial score (nSPS) is 15.6. The molecule has 1 aliphatic rings. The number of amides is 3. The minimum atomic E-state index is -0.969. The third kappa shape index (κ3) is 7.28. The van der Waals surface area contributed by atoms with E-state index in [-0.39, 0.29) is 37.5 Å². The van der Waals surface area contributed by atoms with Crippen LogP contribution in [0.5, 0.6) is 0 Å². The standard InChI is InChI=1S/C12H21N3O4/c16-10(13-7-6-11(17)18)8-14-12(19)15-9-4-2-1-3-5-9/h9H,1-8H2,(H,13,16)(H,17,18)(H2,14,15,19). The van der Waals surface area contributed by atoms with E-state index in [0.29, 0.717) is 0 Å². The Labute approximate surface area is 112 Å². The minimum Gasteiger partial charge on any atom is -0.481 e. The van der Waals surface area contributed by atoms with Crippen molar-refractivity contribution < 1.29 is 19.5 Å². The van der Waals surface area contributed by atoms with Crippen molar-refractivity contribution in [2.75, 3.05) is 13.1 Å². The Bertz CT molecular complexity index is 327. The number of urea groups is 1. The Kier molecular flexibility index (Phi) is 6.70. The zero-order valence-electron chi connectivity index (χ0n) is 10.9. The maximum absolute atomic E-state index is 11.5. The molecule has 0 aromatic carbocycles. The van der Waals surface area contributed by atoms with Crippen LogP contribution < -0.4 is 16.0 Å². The Hall–Kier alpha value is -1.79. The van der Waals surface area contributed by atoms with Gasteiger partial charge in [-0.1, -0.05) is 19.3 Å². The molecule has 7 nitrogen and oxygen atoms in total. The number of aliphatic carboxylic acids is 1. The number of carbonyl (C=O) groups excluding carboxylic acids is 2. The van der Waals surface area contributed by atoms with Crippen LogP contribution in [-0.4, -0.2) is 42.1 Å². The molecule has 19 heavy (non-hydrogen) atoms. The second-order valence-electron chi connectivity index (χ2n) is 4.66. The molecule has 108 valence electrons. The molecule has 1 fully saturated rings. The van der Waals surface area contributed by atoms with Crippen molar-refractivity contribution in [1.82, 2.24) is 16.0 Å². The van der Waals surface area contributed by atoms with Gasteiger partial charge < -0.3 is 21.1 Å². The molecule has 0 spiro atoms. The average Bonchev–Trinajstić information content (AvgIpc) is 2.37. The lowest BCUT2D eigenvalue weighted by Gasteiger charge is -2.22. The fourth-order valence-corrected chi connectivity index (χ4v) is 2.02. The molecule has 1 saturated carbocycles. The van der Waals surface area contributed by atoms with Gasteiger partial charge in [-0.25, -0.2) is 4.79 Å². The van der Waals surface area contributed by atoms with Crippen molar-refractivity contribution in [2.24, 2.45) is 0 Å². The summed E-state index contributed by atoms with van der Waals surface area (Å²) < 4.78 is 0. The molecule has 0 heterocycles. The molecule has 0 aromatic rings. The quantitative estimate of drug-likeness (QED) is 0.554. The van der Waals surface area contributed by atoms with Crippen LogP contribution in [0.4, 0.5) is 4.79 Å². The third-order valence-electron chi connectivity index (χ3n) is 3.01. The number of carboxylic acid groups (broad SMARTS) is 1. The molecular weight excluding hydrogens is 250 g/mol. The van der Waals surface area contributed by atoms with Gasteiger partial charge in [0.05, 0.1) is 13.0 Å². The van der Waals surface area contributed by atoms with E-state index in [9.17, 15) is 14.4 Å².